The van der Waals surface area contributed by atoms with Gasteiger partial charge in [-0.1, -0.05) is 37.1 Å². The maximum Gasteiger partial charge on any atom is 0.228 e. The maximum absolute atomic E-state index is 12.9. The molecule has 1 aliphatic carbocycles. The number of carbonyl (C=O) groups excluding carboxylic acids is 1. The number of ether oxygens (including phenoxy) is 2. The average molecular weight is 397 g/mol. The minimum absolute atomic E-state index is 0. The highest BCUT2D eigenvalue weighted by molar-refractivity contribution is 5.85. The summed E-state index contributed by atoms with van der Waals surface area (Å²) in [6.07, 6.45) is 4.62. The Morgan fingerprint density at radius 2 is 2.07 bits per heavy atom. The van der Waals surface area contributed by atoms with Crippen LogP contribution >= 0.6 is 12.4 Å². The lowest BCUT2D eigenvalue weighted by molar-refractivity contribution is -0.134. The quantitative estimate of drug-likeness (QED) is 0.630. The molecular weight excluding hydrogens is 364 g/mol. The van der Waals surface area contributed by atoms with E-state index in [4.69, 9.17) is 9.47 Å². The van der Waals surface area contributed by atoms with Crippen LogP contribution in [0.3, 0.4) is 0 Å². The Kier molecular flexibility index (Phi) is 9.03. The van der Waals surface area contributed by atoms with Gasteiger partial charge < -0.3 is 20.1 Å². The number of amides is 1. The number of fused-ring (bicyclic) bond motifs is 1. The fraction of sp³-hybridized carbons (Fsp3) is 0.667. The Labute approximate surface area is 169 Å². The SMILES string of the molecule is CCOCCOCc1cccc(CNC(=O)[C@@]23CCCC[C@H]2CNC3)c1.Cl. The smallest absolute Gasteiger partial charge is 0.228 e. The van der Waals surface area contributed by atoms with Crippen molar-refractivity contribution >= 4 is 18.3 Å². The molecule has 5 nitrogen and oxygen atoms in total. The predicted octanol–water partition coefficient (Wildman–Crippen LogP) is 3.06. The lowest BCUT2D eigenvalue weighted by atomic mass is 9.67. The van der Waals surface area contributed by atoms with Gasteiger partial charge in [0.25, 0.3) is 0 Å². The van der Waals surface area contributed by atoms with Crippen LogP contribution in [0.5, 0.6) is 0 Å². The normalized spacial score (nSPS) is 24.1. The first-order chi connectivity index (χ1) is 12.7. The molecule has 1 aromatic carbocycles. The Balaban J connectivity index is 0.00000261. The van der Waals surface area contributed by atoms with Crippen molar-refractivity contribution in [2.24, 2.45) is 11.3 Å². The summed E-state index contributed by atoms with van der Waals surface area (Å²) in [5.41, 5.74) is 2.07. The molecule has 3 rings (SSSR count). The Morgan fingerprint density at radius 3 is 2.93 bits per heavy atom. The minimum atomic E-state index is -0.182. The van der Waals surface area contributed by atoms with Crippen LogP contribution in [0.15, 0.2) is 24.3 Å². The molecule has 27 heavy (non-hydrogen) atoms. The van der Waals surface area contributed by atoms with Gasteiger partial charge in [0.15, 0.2) is 0 Å². The van der Waals surface area contributed by atoms with Crippen LogP contribution < -0.4 is 10.6 Å². The van der Waals surface area contributed by atoms with E-state index in [1.165, 1.54) is 19.3 Å². The van der Waals surface area contributed by atoms with Gasteiger partial charge in [-0.25, -0.2) is 0 Å². The average Bonchev–Trinajstić information content (AvgIpc) is 3.11. The van der Waals surface area contributed by atoms with Gasteiger partial charge in [-0.05, 0) is 43.4 Å². The van der Waals surface area contributed by atoms with Crippen LogP contribution in [0.4, 0.5) is 0 Å². The zero-order chi connectivity index (χ0) is 18.2. The van der Waals surface area contributed by atoms with Crippen molar-refractivity contribution < 1.29 is 14.3 Å². The molecule has 2 N–H and O–H groups in total. The first-order valence-electron chi connectivity index (χ1n) is 9.97. The van der Waals surface area contributed by atoms with E-state index in [9.17, 15) is 4.79 Å². The molecule has 2 fully saturated rings. The number of rotatable bonds is 9. The molecular formula is C21H33ClN2O3. The van der Waals surface area contributed by atoms with Gasteiger partial charge in [-0.2, -0.15) is 0 Å². The fourth-order valence-corrected chi connectivity index (χ4v) is 4.33. The van der Waals surface area contributed by atoms with E-state index in [0.717, 1.165) is 37.2 Å². The molecule has 0 bridgehead atoms. The summed E-state index contributed by atoms with van der Waals surface area (Å²) in [7, 11) is 0. The molecule has 2 atom stereocenters. The number of halogens is 1. The molecule has 1 aliphatic heterocycles. The summed E-state index contributed by atoms with van der Waals surface area (Å²) >= 11 is 0. The summed E-state index contributed by atoms with van der Waals surface area (Å²) in [6, 6.07) is 8.26. The van der Waals surface area contributed by atoms with Crippen molar-refractivity contribution in [3.63, 3.8) is 0 Å². The third-order valence-corrected chi connectivity index (χ3v) is 5.78. The van der Waals surface area contributed by atoms with Crippen LogP contribution in [-0.4, -0.2) is 38.8 Å². The number of hydrogen-bond acceptors (Lipinski definition) is 4. The molecule has 1 heterocycles. The van der Waals surface area contributed by atoms with E-state index < -0.39 is 0 Å². The van der Waals surface area contributed by atoms with Crippen molar-refractivity contribution in [3.8, 4) is 0 Å². The Hall–Kier alpha value is -1.14. The summed E-state index contributed by atoms with van der Waals surface area (Å²) in [4.78, 5) is 12.9. The first-order valence-corrected chi connectivity index (χ1v) is 9.97. The number of benzene rings is 1. The molecule has 0 spiro atoms. The largest absolute Gasteiger partial charge is 0.379 e. The topological polar surface area (TPSA) is 59.6 Å². The molecule has 6 heteroatoms. The van der Waals surface area contributed by atoms with Crippen LogP contribution in [0, 0.1) is 11.3 Å². The lowest BCUT2D eigenvalue weighted by Gasteiger charge is -2.37. The third kappa shape index (κ3) is 5.67. The molecule has 1 saturated carbocycles. The molecule has 0 aromatic heterocycles. The van der Waals surface area contributed by atoms with E-state index >= 15 is 0 Å². The molecule has 0 unspecified atom stereocenters. The number of hydrogen-bond donors (Lipinski definition) is 2. The lowest BCUT2D eigenvalue weighted by Crippen LogP contribution is -2.47. The van der Waals surface area contributed by atoms with Gasteiger partial charge in [0.1, 0.15) is 0 Å². The molecule has 1 aromatic rings. The van der Waals surface area contributed by atoms with Gasteiger partial charge in [0.2, 0.25) is 5.91 Å². The third-order valence-electron chi connectivity index (χ3n) is 5.78. The highest BCUT2D eigenvalue weighted by Gasteiger charge is 2.49. The van der Waals surface area contributed by atoms with Gasteiger partial charge >= 0.3 is 0 Å². The Bertz CT molecular complexity index is 599. The highest BCUT2D eigenvalue weighted by Crippen LogP contribution is 2.43. The van der Waals surface area contributed by atoms with E-state index in [2.05, 4.69) is 28.8 Å². The zero-order valence-corrected chi connectivity index (χ0v) is 17.1. The van der Waals surface area contributed by atoms with Crippen molar-refractivity contribution in [1.29, 1.82) is 0 Å². The van der Waals surface area contributed by atoms with Gasteiger partial charge in [-0.15, -0.1) is 12.4 Å². The highest BCUT2D eigenvalue weighted by atomic mass is 35.5. The van der Waals surface area contributed by atoms with Crippen LogP contribution in [0.1, 0.15) is 43.7 Å². The summed E-state index contributed by atoms with van der Waals surface area (Å²) in [5, 5.41) is 6.65. The van der Waals surface area contributed by atoms with Crippen LogP contribution in [0.25, 0.3) is 0 Å². The molecule has 152 valence electrons. The second-order valence-corrected chi connectivity index (χ2v) is 7.48. The standard InChI is InChI=1S/C21H32N2O3.ClH/c1-2-25-10-11-26-15-18-7-5-6-17(12-18)13-23-20(24)21-9-4-3-8-19(21)14-22-16-21;/h5-7,12,19,22H,2-4,8-11,13-16H2,1H3,(H,23,24);1H/t19-,21+;/m0./s1. The van der Waals surface area contributed by atoms with Crippen molar-refractivity contribution in [2.75, 3.05) is 32.9 Å². The summed E-state index contributed by atoms with van der Waals surface area (Å²) in [5.74, 6) is 0.729. The first kappa shape index (κ1) is 22.2. The second-order valence-electron chi connectivity index (χ2n) is 7.48. The van der Waals surface area contributed by atoms with E-state index in [1.807, 2.05) is 13.0 Å². The number of nitrogens with one attached hydrogen (secondary N) is 2. The van der Waals surface area contributed by atoms with E-state index in [1.54, 1.807) is 0 Å². The van der Waals surface area contributed by atoms with Gasteiger partial charge in [0.05, 0.1) is 25.2 Å². The van der Waals surface area contributed by atoms with Crippen molar-refractivity contribution in [1.82, 2.24) is 10.6 Å². The minimum Gasteiger partial charge on any atom is -0.379 e. The van der Waals surface area contributed by atoms with Crippen LogP contribution in [0.2, 0.25) is 0 Å². The fourth-order valence-electron chi connectivity index (χ4n) is 4.33. The van der Waals surface area contributed by atoms with E-state index in [0.29, 0.717) is 32.3 Å². The monoisotopic (exact) mass is 396 g/mol. The second kappa shape index (κ2) is 11.0. The maximum atomic E-state index is 12.9. The molecule has 2 aliphatic rings. The molecule has 1 saturated heterocycles. The number of carbonyl (C=O) groups is 1. The molecule has 1 amide bonds. The summed E-state index contributed by atoms with van der Waals surface area (Å²) < 4.78 is 10.9. The van der Waals surface area contributed by atoms with Crippen molar-refractivity contribution in [2.45, 2.75) is 45.8 Å². The van der Waals surface area contributed by atoms with Crippen LogP contribution in [-0.2, 0) is 27.4 Å². The predicted molar refractivity (Wildman–Crippen MR) is 109 cm³/mol. The molecule has 0 radical (unpaired) electrons. The zero-order valence-electron chi connectivity index (χ0n) is 16.3. The Morgan fingerprint density at radius 1 is 1.26 bits per heavy atom. The van der Waals surface area contributed by atoms with E-state index in [-0.39, 0.29) is 23.7 Å². The van der Waals surface area contributed by atoms with Gasteiger partial charge in [0, 0.05) is 19.7 Å². The van der Waals surface area contributed by atoms with Crippen molar-refractivity contribution in [3.05, 3.63) is 35.4 Å². The summed E-state index contributed by atoms with van der Waals surface area (Å²) in [6.45, 7) is 6.91. The van der Waals surface area contributed by atoms with Gasteiger partial charge in [-0.3, -0.25) is 4.79 Å².